The van der Waals surface area contributed by atoms with Gasteiger partial charge in [-0.15, -0.1) is 0 Å². The van der Waals surface area contributed by atoms with Crippen LogP contribution in [-0.2, 0) is 14.3 Å². The van der Waals surface area contributed by atoms with Crippen LogP contribution in [0.2, 0.25) is 0 Å². The smallest absolute Gasteiger partial charge is 0.330 e. The van der Waals surface area contributed by atoms with Crippen LogP contribution in [0.1, 0.15) is 24.8 Å². The Labute approximate surface area is 113 Å². The zero-order chi connectivity index (χ0) is 13.9. The van der Waals surface area contributed by atoms with Gasteiger partial charge in [0.1, 0.15) is 12.0 Å². The summed E-state index contributed by atoms with van der Waals surface area (Å²) >= 11 is 0. The van der Waals surface area contributed by atoms with Crippen LogP contribution in [-0.4, -0.2) is 26.0 Å². The maximum absolute atomic E-state index is 11.4. The molecule has 0 aliphatic carbocycles. The zero-order valence-corrected chi connectivity index (χ0v) is 11.0. The summed E-state index contributed by atoms with van der Waals surface area (Å²) in [7, 11) is 1.60. The molecule has 0 saturated heterocycles. The third-order valence-electron chi connectivity index (χ3n) is 2.49. The molecule has 19 heavy (non-hydrogen) atoms. The van der Waals surface area contributed by atoms with E-state index in [0.717, 1.165) is 24.0 Å². The van der Waals surface area contributed by atoms with Gasteiger partial charge in [-0.25, -0.2) is 4.79 Å². The summed E-state index contributed by atoms with van der Waals surface area (Å²) in [4.78, 5) is 21.4. The molecule has 0 aromatic heterocycles. The fourth-order valence-electron chi connectivity index (χ4n) is 1.43. The van der Waals surface area contributed by atoms with E-state index in [2.05, 4.69) is 0 Å². The maximum Gasteiger partial charge on any atom is 0.330 e. The lowest BCUT2D eigenvalue weighted by atomic mass is 10.2. The van der Waals surface area contributed by atoms with Gasteiger partial charge in [-0.2, -0.15) is 0 Å². The first-order valence-electron chi connectivity index (χ1n) is 6.19. The number of rotatable bonds is 8. The van der Waals surface area contributed by atoms with Crippen molar-refractivity contribution in [3.05, 3.63) is 35.9 Å². The fraction of sp³-hybridized carbons (Fsp3) is 0.333. The van der Waals surface area contributed by atoms with Crippen molar-refractivity contribution in [1.82, 2.24) is 0 Å². The molecule has 0 spiro atoms. The van der Waals surface area contributed by atoms with Crippen molar-refractivity contribution in [2.24, 2.45) is 0 Å². The molecule has 4 heteroatoms. The number of benzene rings is 1. The van der Waals surface area contributed by atoms with Gasteiger partial charge in [0, 0.05) is 12.5 Å². The standard InChI is InChI=1S/C15H18O4/c1-18-14-8-5-13(6-9-14)7-10-15(17)19-12-4-2-3-11-16/h5-11H,2-4,12H2,1H3. The van der Waals surface area contributed by atoms with E-state index in [-0.39, 0.29) is 5.97 Å². The van der Waals surface area contributed by atoms with Gasteiger partial charge < -0.3 is 14.3 Å². The lowest BCUT2D eigenvalue weighted by Crippen LogP contribution is -2.02. The van der Waals surface area contributed by atoms with Gasteiger partial charge in [0.25, 0.3) is 0 Å². The Morgan fingerprint density at radius 1 is 1.21 bits per heavy atom. The number of ether oxygens (including phenoxy) is 2. The molecule has 0 bridgehead atoms. The minimum Gasteiger partial charge on any atom is -0.497 e. The number of hydrogen-bond acceptors (Lipinski definition) is 4. The quantitative estimate of drug-likeness (QED) is 0.313. The highest BCUT2D eigenvalue weighted by Gasteiger charge is 1.97. The summed E-state index contributed by atoms with van der Waals surface area (Å²) in [6.45, 7) is 0.347. The minimum absolute atomic E-state index is 0.347. The minimum atomic E-state index is -0.373. The highest BCUT2D eigenvalue weighted by Crippen LogP contribution is 2.12. The van der Waals surface area contributed by atoms with Crippen molar-refractivity contribution < 1.29 is 19.1 Å². The molecular formula is C15H18O4. The van der Waals surface area contributed by atoms with Crippen LogP contribution in [0.4, 0.5) is 0 Å². The van der Waals surface area contributed by atoms with Gasteiger partial charge in [0.05, 0.1) is 13.7 Å². The lowest BCUT2D eigenvalue weighted by molar-refractivity contribution is -0.137. The molecule has 0 N–H and O–H groups in total. The first kappa shape index (κ1) is 15.0. The summed E-state index contributed by atoms with van der Waals surface area (Å²) in [6, 6.07) is 7.36. The molecule has 0 aliphatic rings. The van der Waals surface area contributed by atoms with Crippen LogP contribution in [0.15, 0.2) is 30.3 Å². The molecule has 0 atom stereocenters. The molecule has 102 valence electrons. The molecule has 0 unspecified atom stereocenters. The Morgan fingerprint density at radius 2 is 1.95 bits per heavy atom. The van der Waals surface area contributed by atoms with Crippen LogP contribution in [0.25, 0.3) is 6.08 Å². The Bertz CT molecular complexity index is 420. The summed E-state index contributed by atoms with van der Waals surface area (Å²) in [5.41, 5.74) is 0.902. The van der Waals surface area contributed by atoms with Crippen molar-refractivity contribution in [2.75, 3.05) is 13.7 Å². The third kappa shape index (κ3) is 6.41. The van der Waals surface area contributed by atoms with E-state index in [0.29, 0.717) is 19.4 Å². The van der Waals surface area contributed by atoms with E-state index in [4.69, 9.17) is 9.47 Å². The summed E-state index contributed by atoms with van der Waals surface area (Å²) in [5, 5.41) is 0. The average Bonchev–Trinajstić information content (AvgIpc) is 2.45. The molecule has 1 aromatic rings. The van der Waals surface area contributed by atoms with Gasteiger partial charge in [0.15, 0.2) is 0 Å². The predicted octanol–water partition coefficient (Wildman–Crippen LogP) is 2.62. The molecule has 0 fully saturated rings. The molecular weight excluding hydrogens is 244 g/mol. The molecule has 1 aromatic carbocycles. The second-order valence-corrected chi connectivity index (χ2v) is 3.94. The number of methoxy groups -OCH3 is 1. The first-order chi connectivity index (χ1) is 9.26. The monoisotopic (exact) mass is 262 g/mol. The Kier molecular flexibility index (Phi) is 7.02. The maximum atomic E-state index is 11.4. The molecule has 0 radical (unpaired) electrons. The summed E-state index contributed by atoms with van der Waals surface area (Å²) in [6.07, 6.45) is 5.92. The zero-order valence-electron chi connectivity index (χ0n) is 11.0. The SMILES string of the molecule is COc1ccc(C=CC(=O)OCCCCC=O)cc1. The molecule has 0 amide bonds. The summed E-state index contributed by atoms with van der Waals surface area (Å²) in [5.74, 6) is 0.400. The first-order valence-corrected chi connectivity index (χ1v) is 6.19. The van der Waals surface area contributed by atoms with Gasteiger partial charge in [-0.05, 0) is 36.6 Å². The number of hydrogen-bond donors (Lipinski definition) is 0. The van der Waals surface area contributed by atoms with Gasteiger partial charge in [-0.3, -0.25) is 0 Å². The van der Waals surface area contributed by atoms with Gasteiger partial charge in [0.2, 0.25) is 0 Å². The highest BCUT2D eigenvalue weighted by atomic mass is 16.5. The second-order valence-electron chi connectivity index (χ2n) is 3.94. The molecule has 1 rings (SSSR count). The van der Waals surface area contributed by atoms with E-state index in [1.165, 1.54) is 6.08 Å². The Hall–Kier alpha value is -2.10. The van der Waals surface area contributed by atoms with E-state index in [9.17, 15) is 9.59 Å². The largest absolute Gasteiger partial charge is 0.497 e. The molecule has 0 saturated carbocycles. The van der Waals surface area contributed by atoms with Gasteiger partial charge in [-0.1, -0.05) is 12.1 Å². The number of carbonyl (C=O) groups is 2. The normalized spacial score (nSPS) is 10.4. The van der Waals surface area contributed by atoms with Crippen molar-refractivity contribution in [2.45, 2.75) is 19.3 Å². The van der Waals surface area contributed by atoms with E-state index >= 15 is 0 Å². The number of aldehydes is 1. The van der Waals surface area contributed by atoms with Crippen molar-refractivity contribution in [1.29, 1.82) is 0 Å². The number of esters is 1. The second kappa shape index (κ2) is 8.91. The lowest BCUT2D eigenvalue weighted by Gasteiger charge is -2.01. The molecule has 0 aliphatic heterocycles. The van der Waals surface area contributed by atoms with Crippen molar-refractivity contribution >= 4 is 18.3 Å². The van der Waals surface area contributed by atoms with Gasteiger partial charge >= 0.3 is 5.97 Å². The number of unbranched alkanes of at least 4 members (excludes halogenated alkanes) is 2. The third-order valence-corrected chi connectivity index (χ3v) is 2.49. The number of carbonyl (C=O) groups excluding carboxylic acids is 2. The predicted molar refractivity (Wildman–Crippen MR) is 72.9 cm³/mol. The highest BCUT2D eigenvalue weighted by molar-refractivity contribution is 5.87. The van der Waals surface area contributed by atoms with E-state index in [1.54, 1.807) is 13.2 Å². The summed E-state index contributed by atoms with van der Waals surface area (Å²) < 4.78 is 10.0. The van der Waals surface area contributed by atoms with Crippen molar-refractivity contribution in [3.63, 3.8) is 0 Å². The van der Waals surface area contributed by atoms with Crippen LogP contribution < -0.4 is 4.74 Å². The molecule has 4 nitrogen and oxygen atoms in total. The van der Waals surface area contributed by atoms with Crippen molar-refractivity contribution in [3.8, 4) is 5.75 Å². The Balaban J connectivity index is 2.30. The van der Waals surface area contributed by atoms with Crippen LogP contribution in [0, 0.1) is 0 Å². The van der Waals surface area contributed by atoms with E-state index < -0.39 is 0 Å². The Morgan fingerprint density at radius 3 is 2.58 bits per heavy atom. The van der Waals surface area contributed by atoms with Crippen LogP contribution in [0.5, 0.6) is 5.75 Å². The van der Waals surface area contributed by atoms with Crippen LogP contribution in [0.3, 0.4) is 0 Å². The fourth-order valence-corrected chi connectivity index (χ4v) is 1.43. The van der Waals surface area contributed by atoms with Crippen LogP contribution >= 0.6 is 0 Å². The average molecular weight is 262 g/mol. The topological polar surface area (TPSA) is 52.6 Å². The van der Waals surface area contributed by atoms with E-state index in [1.807, 2.05) is 24.3 Å². The molecule has 0 heterocycles.